The number of thiazole rings is 1. The Morgan fingerprint density at radius 1 is 1.19 bits per heavy atom. The van der Waals surface area contributed by atoms with Crippen molar-refractivity contribution in [3.8, 4) is 11.5 Å². The van der Waals surface area contributed by atoms with Gasteiger partial charge in [0.25, 0.3) is 0 Å². The Morgan fingerprint density at radius 3 is 2.89 bits per heavy atom. The zero-order valence-corrected chi connectivity index (χ0v) is 15.7. The second-order valence-electron chi connectivity index (χ2n) is 5.88. The van der Waals surface area contributed by atoms with E-state index in [9.17, 15) is 0 Å². The van der Waals surface area contributed by atoms with E-state index in [0.29, 0.717) is 19.0 Å². The van der Waals surface area contributed by atoms with Gasteiger partial charge in [0, 0.05) is 29.9 Å². The van der Waals surface area contributed by atoms with E-state index in [-0.39, 0.29) is 0 Å². The van der Waals surface area contributed by atoms with Crippen molar-refractivity contribution in [3.63, 3.8) is 0 Å². The van der Waals surface area contributed by atoms with Crippen LogP contribution in [0.3, 0.4) is 0 Å². The Bertz CT molecular complexity index is 1000. The lowest BCUT2D eigenvalue weighted by molar-refractivity contribution is 0.572. The summed E-state index contributed by atoms with van der Waals surface area (Å²) in [5.74, 6) is 1.33. The normalized spacial score (nSPS) is 11.8. The lowest BCUT2D eigenvalue weighted by Gasteiger charge is -2.09. The summed E-state index contributed by atoms with van der Waals surface area (Å²) < 4.78 is 7.58. The molecule has 7 nitrogen and oxygen atoms in total. The van der Waals surface area contributed by atoms with Gasteiger partial charge in [-0.15, -0.1) is 11.3 Å². The van der Waals surface area contributed by atoms with Gasteiger partial charge in [0.2, 0.25) is 5.89 Å². The lowest BCUT2D eigenvalue weighted by atomic mass is 10.2. The van der Waals surface area contributed by atoms with E-state index in [1.807, 2.05) is 59.4 Å². The third-order valence-corrected chi connectivity index (χ3v) is 4.67. The molecule has 4 aromatic rings. The van der Waals surface area contributed by atoms with E-state index in [1.54, 1.807) is 17.6 Å². The summed E-state index contributed by atoms with van der Waals surface area (Å²) in [4.78, 5) is 14.7. The van der Waals surface area contributed by atoms with Crippen molar-refractivity contribution < 1.29 is 4.42 Å². The van der Waals surface area contributed by atoms with Gasteiger partial charge in [-0.1, -0.05) is 18.2 Å². The summed E-state index contributed by atoms with van der Waals surface area (Å²) in [5, 5.41) is 8.56. The van der Waals surface area contributed by atoms with Crippen molar-refractivity contribution in [2.24, 2.45) is 4.99 Å². The lowest BCUT2D eigenvalue weighted by Crippen LogP contribution is -2.36. The Balaban J connectivity index is 1.40. The molecule has 0 radical (unpaired) electrons. The molecule has 138 valence electrons. The van der Waals surface area contributed by atoms with E-state index >= 15 is 0 Å². The van der Waals surface area contributed by atoms with Crippen molar-refractivity contribution in [2.45, 2.75) is 20.0 Å². The van der Waals surface area contributed by atoms with Crippen LogP contribution < -0.4 is 10.6 Å². The number of guanidine groups is 1. The predicted octanol–water partition coefficient (Wildman–Crippen LogP) is 3.31. The van der Waals surface area contributed by atoms with Crippen molar-refractivity contribution >= 4 is 22.3 Å². The molecule has 8 heteroatoms. The van der Waals surface area contributed by atoms with Gasteiger partial charge in [0.15, 0.2) is 10.9 Å². The highest BCUT2D eigenvalue weighted by Gasteiger charge is 2.07. The van der Waals surface area contributed by atoms with E-state index in [1.165, 1.54) is 0 Å². The largest absolute Gasteiger partial charge is 0.444 e. The molecule has 2 N–H and O–H groups in total. The summed E-state index contributed by atoms with van der Waals surface area (Å²) in [7, 11) is 0. The number of hydrogen-bond acceptors (Lipinski definition) is 5. The number of oxazole rings is 1. The van der Waals surface area contributed by atoms with Crippen molar-refractivity contribution in [1.29, 1.82) is 0 Å². The quantitative estimate of drug-likeness (QED) is 0.396. The number of aliphatic imine (C=N–C) groups is 1. The van der Waals surface area contributed by atoms with E-state index in [4.69, 9.17) is 4.42 Å². The number of nitrogens with zero attached hydrogens (tertiary/aromatic N) is 4. The van der Waals surface area contributed by atoms with Crippen LogP contribution in [0, 0.1) is 0 Å². The summed E-state index contributed by atoms with van der Waals surface area (Å²) >= 11 is 1.62. The fourth-order valence-corrected chi connectivity index (χ4v) is 3.35. The molecule has 1 aromatic carbocycles. The molecule has 0 bridgehead atoms. The third kappa shape index (κ3) is 4.17. The molecule has 0 amide bonds. The summed E-state index contributed by atoms with van der Waals surface area (Å²) in [6.45, 7) is 3.85. The summed E-state index contributed by atoms with van der Waals surface area (Å²) in [5.41, 5.74) is 2.71. The Hall–Kier alpha value is -3.13. The van der Waals surface area contributed by atoms with Crippen molar-refractivity contribution in [1.82, 2.24) is 25.0 Å². The van der Waals surface area contributed by atoms with Gasteiger partial charge < -0.3 is 15.1 Å². The molecule has 3 aromatic heterocycles. The maximum absolute atomic E-state index is 5.56. The molecule has 0 aliphatic carbocycles. The fourth-order valence-electron chi connectivity index (χ4n) is 2.63. The van der Waals surface area contributed by atoms with Crippen LogP contribution in [-0.4, -0.2) is 26.9 Å². The summed E-state index contributed by atoms with van der Waals surface area (Å²) in [6.07, 6.45) is 5.68. The van der Waals surface area contributed by atoms with Gasteiger partial charge in [0.05, 0.1) is 18.8 Å². The second kappa shape index (κ2) is 8.05. The number of rotatable bonds is 6. The zero-order chi connectivity index (χ0) is 18.5. The highest BCUT2D eigenvalue weighted by molar-refractivity contribution is 7.15. The predicted molar refractivity (Wildman–Crippen MR) is 107 cm³/mol. The number of imidazole rings is 1. The van der Waals surface area contributed by atoms with Gasteiger partial charge in [-0.05, 0) is 19.1 Å². The minimum Gasteiger partial charge on any atom is -0.444 e. The molecule has 4 rings (SSSR count). The molecule has 27 heavy (non-hydrogen) atoms. The average Bonchev–Trinajstić information content (AvgIpc) is 3.41. The standard InChI is InChI=1S/C19H20N6OS/c1-2-20-18(21-10-15-12-25-8-9-27-19(25)24-15)22-11-16-13-26-17(23-16)14-6-4-3-5-7-14/h3-9,12-13H,2,10-11H2,1H3,(H2,20,21,22). The third-order valence-electron chi connectivity index (χ3n) is 3.90. The highest BCUT2D eigenvalue weighted by atomic mass is 32.1. The van der Waals surface area contributed by atoms with Crippen LogP contribution in [-0.2, 0) is 13.1 Å². The van der Waals surface area contributed by atoms with E-state index < -0.39 is 0 Å². The van der Waals surface area contributed by atoms with Gasteiger partial charge >= 0.3 is 0 Å². The topological polar surface area (TPSA) is 79.8 Å². The average molecular weight is 380 g/mol. The smallest absolute Gasteiger partial charge is 0.226 e. The minimum absolute atomic E-state index is 0.434. The molecular formula is C19H20N6OS. The number of benzene rings is 1. The van der Waals surface area contributed by atoms with Crippen LogP contribution >= 0.6 is 11.3 Å². The molecule has 0 saturated carbocycles. The van der Waals surface area contributed by atoms with Crippen molar-refractivity contribution in [3.05, 3.63) is 65.8 Å². The Morgan fingerprint density at radius 2 is 2.07 bits per heavy atom. The minimum atomic E-state index is 0.434. The molecule has 0 fully saturated rings. The Labute approximate surface area is 160 Å². The number of hydrogen-bond donors (Lipinski definition) is 2. The molecular weight excluding hydrogens is 360 g/mol. The molecule has 0 saturated heterocycles. The van der Waals surface area contributed by atoms with Gasteiger partial charge in [-0.2, -0.15) is 0 Å². The molecule has 0 aliphatic rings. The first kappa shape index (κ1) is 17.3. The molecule has 0 aliphatic heterocycles. The SMILES string of the molecule is CCNC(=NCc1coc(-c2ccccc2)n1)NCc1cn2ccsc2n1. The van der Waals surface area contributed by atoms with E-state index in [0.717, 1.165) is 34.4 Å². The first-order chi connectivity index (χ1) is 13.3. The zero-order valence-electron chi connectivity index (χ0n) is 14.9. The van der Waals surface area contributed by atoms with Crippen molar-refractivity contribution in [2.75, 3.05) is 6.54 Å². The highest BCUT2D eigenvalue weighted by Crippen LogP contribution is 2.18. The van der Waals surface area contributed by atoms with Gasteiger partial charge in [-0.3, -0.25) is 4.40 Å². The summed E-state index contributed by atoms with van der Waals surface area (Å²) in [6, 6.07) is 9.84. The van der Waals surface area contributed by atoms with E-state index in [2.05, 4.69) is 25.6 Å². The number of nitrogens with one attached hydrogen (secondary N) is 2. The second-order valence-corrected chi connectivity index (χ2v) is 6.76. The molecule has 0 atom stereocenters. The first-order valence-corrected chi connectivity index (χ1v) is 9.63. The maximum Gasteiger partial charge on any atom is 0.226 e. The van der Waals surface area contributed by atoms with Crippen LogP contribution in [0.15, 0.2) is 63.8 Å². The number of aromatic nitrogens is 3. The molecule has 0 spiro atoms. The van der Waals surface area contributed by atoms with Crippen LogP contribution in [0.25, 0.3) is 16.4 Å². The van der Waals surface area contributed by atoms with Gasteiger partial charge in [-0.25, -0.2) is 15.0 Å². The number of fused-ring (bicyclic) bond motifs is 1. The van der Waals surface area contributed by atoms with Gasteiger partial charge in [0.1, 0.15) is 12.0 Å². The van der Waals surface area contributed by atoms with Crippen LogP contribution in [0.1, 0.15) is 18.3 Å². The van der Waals surface area contributed by atoms with Crippen LogP contribution in [0.5, 0.6) is 0 Å². The molecule has 0 unspecified atom stereocenters. The maximum atomic E-state index is 5.56. The van der Waals surface area contributed by atoms with Crippen LogP contribution in [0.4, 0.5) is 0 Å². The molecule has 3 heterocycles. The Kier molecular flexibility index (Phi) is 5.15. The fraction of sp³-hybridized carbons (Fsp3) is 0.211. The first-order valence-electron chi connectivity index (χ1n) is 8.75. The monoisotopic (exact) mass is 380 g/mol. The van der Waals surface area contributed by atoms with Crippen LogP contribution in [0.2, 0.25) is 0 Å².